The SMILES string of the molecule is CC1(C)CN(Cc2ncccn2)[C@H](C(=O)Nc2cc(Cl)cc3c2[nH]c2cnccc23)CO1. The van der Waals surface area contributed by atoms with Crippen LogP contribution in [-0.2, 0) is 16.1 Å². The minimum atomic E-state index is -0.494. The first kappa shape index (κ1) is 20.8. The molecular formula is C23H23ClN6O2. The number of pyridine rings is 1. The van der Waals surface area contributed by atoms with Crippen molar-refractivity contribution in [2.75, 3.05) is 18.5 Å². The molecule has 164 valence electrons. The highest BCUT2D eigenvalue weighted by atomic mass is 35.5. The predicted molar refractivity (Wildman–Crippen MR) is 124 cm³/mol. The zero-order valence-corrected chi connectivity index (χ0v) is 18.6. The van der Waals surface area contributed by atoms with E-state index in [-0.39, 0.29) is 18.1 Å². The van der Waals surface area contributed by atoms with Crippen molar-refractivity contribution in [2.24, 2.45) is 0 Å². The van der Waals surface area contributed by atoms with E-state index in [0.29, 0.717) is 29.6 Å². The van der Waals surface area contributed by atoms with Crippen molar-refractivity contribution in [1.29, 1.82) is 0 Å². The Morgan fingerprint density at radius 3 is 2.91 bits per heavy atom. The van der Waals surface area contributed by atoms with E-state index in [0.717, 1.165) is 21.8 Å². The molecule has 0 spiro atoms. The molecule has 0 unspecified atom stereocenters. The summed E-state index contributed by atoms with van der Waals surface area (Å²) in [6.45, 7) is 5.32. The average molecular weight is 451 g/mol. The molecule has 4 heterocycles. The zero-order valence-electron chi connectivity index (χ0n) is 17.8. The molecule has 1 aromatic carbocycles. The van der Waals surface area contributed by atoms with E-state index in [1.165, 1.54) is 0 Å². The van der Waals surface area contributed by atoms with Gasteiger partial charge in [0.25, 0.3) is 0 Å². The third-order valence-corrected chi connectivity index (χ3v) is 5.87. The van der Waals surface area contributed by atoms with Crippen molar-refractivity contribution in [3.8, 4) is 0 Å². The number of hydrogen-bond acceptors (Lipinski definition) is 6. The van der Waals surface area contributed by atoms with Crippen LogP contribution in [0.2, 0.25) is 5.02 Å². The van der Waals surface area contributed by atoms with Gasteiger partial charge in [-0.05, 0) is 38.1 Å². The van der Waals surface area contributed by atoms with Crippen molar-refractivity contribution in [1.82, 2.24) is 24.8 Å². The molecule has 0 saturated carbocycles. The fraction of sp³-hybridized carbons (Fsp3) is 0.304. The highest BCUT2D eigenvalue weighted by Gasteiger charge is 2.38. The number of benzene rings is 1. The zero-order chi connectivity index (χ0) is 22.3. The number of morpholine rings is 1. The maximum Gasteiger partial charge on any atom is 0.244 e. The number of carbonyl (C=O) groups excluding carboxylic acids is 1. The number of nitrogens with one attached hydrogen (secondary N) is 2. The van der Waals surface area contributed by atoms with Gasteiger partial charge in [-0.15, -0.1) is 0 Å². The number of carbonyl (C=O) groups is 1. The first-order chi connectivity index (χ1) is 15.4. The number of aromatic amines is 1. The van der Waals surface area contributed by atoms with Gasteiger partial charge < -0.3 is 15.0 Å². The Bertz CT molecular complexity index is 1290. The summed E-state index contributed by atoms with van der Waals surface area (Å²) in [4.78, 5) is 31.6. The molecule has 4 aromatic rings. The molecule has 8 nitrogen and oxygen atoms in total. The van der Waals surface area contributed by atoms with Crippen LogP contribution in [0.15, 0.2) is 49.1 Å². The molecule has 0 bridgehead atoms. The standard InChI is InChI=1S/C23H23ClN6O2/c1-23(2)13-30(11-20-26-5-3-6-27-20)19(12-32-23)22(31)29-17-9-14(24)8-16-15-4-7-25-10-18(15)28-21(16)17/h3-10,19,28H,11-13H2,1-2H3,(H,29,31)/t19-/m0/s1. The van der Waals surface area contributed by atoms with Gasteiger partial charge in [-0.1, -0.05) is 11.6 Å². The van der Waals surface area contributed by atoms with E-state index >= 15 is 0 Å². The van der Waals surface area contributed by atoms with Gasteiger partial charge in [0.05, 0.1) is 41.7 Å². The highest BCUT2D eigenvalue weighted by Crippen LogP contribution is 2.33. The van der Waals surface area contributed by atoms with Gasteiger partial charge in [0.1, 0.15) is 11.9 Å². The van der Waals surface area contributed by atoms with Gasteiger partial charge in [-0.25, -0.2) is 9.97 Å². The van der Waals surface area contributed by atoms with Crippen molar-refractivity contribution >= 4 is 45.0 Å². The first-order valence-electron chi connectivity index (χ1n) is 10.4. The van der Waals surface area contributed by atoms with Crippen molar-refractivity contribution < 1.29 is 9.53 Å². The molecule has 1 aliphatic rings. The summed E-state index contributed by atoms with van der Waals surface area (Å²) >= 11 is 6.39. The quantitative estimate of drug-likeness (QED) is 0.491. The number of aromatic nitrogens is 4. The molecular weight excluding hydrogens is 428 g/mol. The molecule has 1 atom stereocenters. The van der Waals surface area contributed by atoms with Gasteiger partial charge >= 0.3 is 0 Å². The molecule has 0 aliphatic carbocycles. The molecule has 2 N–H and O–H groups in total. The second-order valence-electron chi connectivity index (χ2n) is 8.57. The van der Waals surface area contributed by atoms with Crippen LogP contribution in [-0.4, -0.2) is 55.5 Å². The minimum Gasteiger partial charge on any atom is -0.372 e. The fourth-order valence-electron chi connectivity index (χ4n) is 4.19. The second-order valence-corrected chi connectivity index (χ2v) is 9.00. The first-order valence-corrected chi connectivity index (χ1v) is 10.8. The molecule has 5 rings (SSSR count). The van der Waals surface area contributed by atoms with Crippen LogP contribution in [0.1, 0.15) is 19.7 Å². The number of amides is 1. The molecule has 1 amide bonds. The maximum atomic E-state index is 13.4. The molecule has 32 heavy (non-hydrogen) atoms. The van der Waals surface area contributed by atoms with Crippen LogP contribution in [0, 0.1) is 0 Å². The summed E-state index contributed by atoms with van der Waals surface area (Å²) in [5.41, 5.74) is 1.93. The van der Waals surface area contributed by atoms with Gasteiger partial charge in [-0.3, -0.25) is 14.7 Å². The molecule has 9 heteroatoms. The normalized spacial score (nSPS) is 18.8. The Kier molecular flexibility index (Phi) is 5.28. The Hall–Kier alpha value is -3.07. The highest BCUT2D eigenvalue weighted by molar-refractivity contribution is 6.33. The van der Waals surface area contributed by atoms with Crippen LogP contribution in [0.25, 0.3) is 21.8 Å². The lowest BCUT2D eigenvalue weighted by Crippen LogP contribution is -2.57. The molecule has 0 radical (unpaired) electrons. The number of fused-ring (bicyclic) bond motifs is 3. The fourth-order valence-corrected chi connectivity index (χ4v) is 4.41. The third kappa shape index (κ3) is 4.04. The number of nitrogens with zero attached hydrogens (tertiary/aromatic N) is 4. The van der Waals surface area contributed by atoms with Crippen LogP contribution < -0.4 is 5.32 Å². The largest absolute Gasteiger partial charge is 0.372 e. The number of hydrogen-bond donors (Lipinski definition) is 2. The molecule has 1 fully saturated rings. The summed E-state index contributed by atoms with van der Waals surface area (Å²) < 4.78 is 5.98. The van der Waals surface area contributed by atoms with E-state index in [2.05, 4.69) is 30.2 Å². The Labute approximate surface area is 190 Å². The van der Waals surface area contributed by atoms with Crippen LogP contribution in [0.3, 0.4) is 0 Å². The maximum absolute atomic E-state index is 13.4. The summed E-state index contributed by atoms with van der Waals surface area (Å²) in [7, 11) is 0. The van der Waals surface area contributed by atoms with E-state index in [9.17, 15) is 4.79 Å². The van der Waals surface area contributed by atoms with Crippen molar-refractivity contribution in [2.45, 2.75) is 32.0 Å². The Balaban J connectivity index is 1.46. The third-order valence-electron chi connectivity index (χ3n) is 5.65. The lowest BCUT2D eigenvalue weighted by atomic mass is 10.0. The monoisotopic (exact) mass is 450 g/mol. The second kappa shape index (κ2) is 8.12. The predicted octanol–water partition coefficient (Wildman–Crippen LogP) is 3.78. The topological polar surface area (TPSA) is 96.0 Å². The number of halogens is 1. The van der Waals surface area contributed by atoms with Gasteiger partial charge in [0, 0.05) is 40.9 Å². The average Bonchev–Trinajstić information content (AvgIpc) is 3.13. The van der Waals surface area contributed by atoms with Crippen molar-refractivity contribution in [3.63, 3.8) is 0 Å². The van der Waals surface area contributed by atoms with Gasteiger partial charge in [-0.2, -0.15) is 0 Å². The smallest absolute Gasteiger partial charge is 0.244 e. The number of ether oxygens (including phenoxy) is 1. The van der Waals surface area contributed by atoms with E-state index in [1.54, 1.807) is 36.9 Å². The lowest BCUT2D eigenvalue weighted by molar-refractivity contribution is -0.144. The van der Waals surface area contributed by atoms with Crippen LogP contribution >= 0.6 is 11.6 Å². The lowest BCUT2D eigenvalue weighted by Gasteiger charge is -2.42. The number of rotatable bonds is 4. The van der Waals surface area contributed by atoms with Crippen molar-refractivity contribution in [3.05, 3.63) is 59.9 Å². The summed E-state index contributed by atoms with van der Waals surface area (Å²) in [5.74, 6) is 0.494. The van der Waals surface area contributed by atoms with Gasteiger partial charge in [0.2, 0.25) is 5.91 Å². The molecule has 1 aliphatic heterocycles. The minimum absolute atomic E-state index is 0.170. The summed E-state index contributed by atoms with van der Waals surface area (Å²) in [6, 6.07) is 6.85. The summed E-state index contributed by atoms with van der Waals surface area (Å²) in [5, 5.41) is 5.53. The van der Waals surface area contributed by atoms with E-state index < -0.39 is 6.04 Å². The van der Waals surface area contributed by atoms with Crippen LogP contribution in [0.4, 0.5) is 5.69 Å². The van der Waals surface area contributed by atoms with Gasteiger partial charge in [0.15, 0.2) is 0 Å². The molecule has 3 aromatic heterocycles. The van der Waals surface area contributed by atoms with E-state index in [4.69, 9.17) is 16.3 Å². The number of H-pyrrole nitrogens is 1. The molecule has 1 saturated heterocycles. The Morgan fingerprint density at radius 2 is 2.09 bits per heavy atom. The number of anilines is 1. The van der Waals surface area contributed by atoms with Crippen LogP contribution in [0.5, 0.6) is 0 Å². The summed E-state index contributed by atoms with van der Waals surface area (Å²) in [6.07, 6.45) is 6.90. The Morgan fingerprint density at radius 1 is 1.28 bits per heavy atom. The van der Waals surface area contributed by atoms with E-state index in [1.807, 2.05) is 26.0 Å².